The molecule has 0 spiro atoms. The van der Waals surface area contributed by atoms with E-state index in [1.807, 2.05) is 24.3 Å². The van der Waals surface area contributed by atoms with Crippen LogP contribution in [-0.4, -0.2) is 22.2 Å². The Kier molecular flexibility index (Phi) is 4.88. The summed E-state index contributed by atoms with van der Waals surface area (Å²) < 4.78 is 0. The molecule has 2 N–H and O–H groups in total. The van der Waals surface area contributed by atoms with E-state index in [1.54, 1.807) is 0 Å². The van der Waals surface area contributed by atoms with Crippen LogP contribution < -0.4 is 0 Å². The molecule has 0 heterocycles. The van der Waals surface area contributed by atoms with Gasteiger partial charge in [0.1, 0.15) is 0 Å². The Labute approximate surface area is 147 Å². The number of benzene rings is 2. The zero-order chi connectivity index (χ0) is 17.9. The maximum atomic E-state index is 11.0. The molecule has 0 atom stereocenters. The van der Waals surface area contributed by atoms with Gasteiger partial charge in [0.25, 0.3) is 0 Å². The Morgan fingerprint density at radius 3 is 1.52 bits per heavy atom. The Bertz CT molecular complexity index is 726. The standard InChI is InChI=1S/C21H22O4/c22-19(23)11-5-13-21(14-6-12-20(24)25)17-9-3-1-7-15(17)16-8-2-4-10-18(16)21/h1-4,7-10H,5-6,11-14H2,(H,22,23)(H,24,25). The lowest BCUT2D eigenvalue weighted by molar-refractivity contribution is -0.138. The van der Waals surface area contributed by atoms with Gasteiger partial charge in [0.15, 0.2) is 0 Å². The molecular formula is C21H22O4. The van der Waals surface area contributed by atoms with Crippen molar-refractivity contribution in [2.24, 2.45) is 0 Å². The van der Waals surface area contributed by atoms with E-state index in [0.717, 1.165) is 0 Å². The monoisotopic (exact) mass is 338 g/mol. The quantitative estimate of drug-likeness (QED) is 0.745. The van der Waals surface area contributed by atoms with Crippen molar-refractivity contribution in [3.63, 3.8) is 0 Å². The molecule has 130 valence electrons. The number of carboxylic acid groups (broad SMARTS) is 2. The first-order valence-corrected chi connectivity index (χ1v) is 8.67. The minimum atomic E-state index is -0.791. The minimum absolute atomic E-state index is 0.130. The van der Waals surface area contributed by atoms with Gasteiger partial charge in [-0.1, -0.05) is 48.5 Å². The van der Waals surface area contributed by atoms with Gasteiger partial charge >= 0.3 is 11.9 Å². The molecule has 25 heavy (non-hydrogen) atoms. The molecule has 0 unspecified atom stereocenters. The fourth-order valence-corrected chi connectivity index (χ4v) is 4.16. The van der Waals surface area contributed by atoms with Gasteiger partial charge in [0.05, 0.1) is 0 Å². The van der Waals surface area contributed by atoms with E-state index < -0.39 is 11.9 Å². The van der Waals surface area contributed by atoms with Gasteiger partial charge in [-0.25, -0.2) is 0 Å². The summed E-state index contributed by atoms with van der Waals surface area (Å²) in [6.07, 6.45) is 2.84. The molecule has 0 aliphatic heterocycles. The van der Waals surface area contributed by atoms with Gasteiger partial charge in [-0.2, -0.15) is 0 Å². The molecule has 0 bridgehead atoms. The van der Waals surface area contributed by atoms with Crippen LogP contribution in [0, 0.1) is 0 Å². The molecule has 1 aliphatic carbocycles. The van der Waals surface area contributed by atoms with E-state index in [9.17, 15) is 9.59 Å². The molecule has 2 aromatic rings. The number of hydrogen-bond donors (Lipinski definition) is 2. The lowest BCUT2D eigenvalue weighted by Gasteiger charge is -2.32. The Hall–Kier alpha value is -2.62. The fraction of sp³-hybridized carbons (Fsp3) is 0.333. The second-order valence-electron chi connectivity index (χ2n) is 6.67. The number of rotatable bonds is 8. The largest absolute Gasteiger partial charge is 0.481 e. The van der Waals surface area contributed by atoms with Gasteiger partial charge in [0, 0.05) is 18.3 Å². The second kappa shape index (κ2) is 7.09. The van der Waals surface area contributed by atoms with Crippen LogP contribution in [0.4, 0.5) is 0 Å². The summed E-state index contributed by atoms with van der Waals surface area (Å²) in [5.74, 6) is -1.58. The molecule has 0 radical (unpaired) electrons. The van der Waals surface area contributed by atoms with Crippen molar-refractivity contribution in [2.45, 2.75) is 43.9 Å². The first-order valence-electron chi connectivity index (χ1n) is 8.67. The van der Waals surface area contributed by atoms with Crippen LogP contribution in [0.1, 0.15) is 49.7 Å². The van der Waals surface area contributed by atoms with E-state index in [4.69, 9.17) is 10.2 Å². The van der Waals surface area contributed by atoms with Crippen LogP contribution in [0.2, 0.25) is 0 Å². The molecule has 1 aliphatic rings. The van der Waals surface area contributed by atoms with E-state index in [-0.39, 0.29) is 18.3 Å². The molecule has 3 rings (SSSR count). The van der Waals surface area contributed by atoms with Crippen molar-refractivity contribution in [1.82, 2.24) is 0 Å². The average Bonchev–Trinajstić information content (AvgIpc) is 2.86. The highest BCUT2D eigenvalue weighted by Gasteiger charge is 2.41. The normalized spacial score (nSPS) is 13.9. The predicted molar refractivity (Wildman–Crippen MR) is 95.6 cm³/mol. The molecular weight excluding hydrogens is 316 g/mol. The zero-order valence-corrected chi connectivity index (χ0v) is 14.1. The van der Waals surface area contributed by atoms with Crippen molar-refractivity contribution >= 4 is 11.9 Å². The lowest BCUT2D eigenvalue weighted by atomic mass is 9.71. The van der Waals surface area contributed by atoms with Crippen molar-refractivity contribution in [1.29, 1.82) is 0 Å². The first kappa shape index (κ1) is 17.2. The van der Waals surface area contributed by atoms with Crippen LogP contribution in [0.5, 0.6) is 0 Å². The lowest BCUT2D eigenvalue weighted by Crippen LogP contribution is -2.26. The molecule has 4 heteroatoms. The fourth-order valence-electron chi connectivity index (χ4n) is 4.16. The third kappa shape index (κ3) is 3.29. The average molecular weight is 338 g/mol. The van der Waals surface area contributed by atoms with Crippen LogP contribution in [0.3, 0.4) is 0 Å². The molecule has 2 aromatic carbocycles. The summed E-state index contributed by atoms with van der Waals surface area (Å²) in [6.45, 7) is 0. The van der Waals surface area contributed by atoms with Crippen LogP contribution in [0.15, 0.2) is 48.5 Å². The number of carboxylic acids is 2. The summed E-state index contributed by atoms with van der Waals surface area (Å²) in [7, 11) is 0. The van der Waals surface area contributed by atoms with Crippen molar-refractivity contribution in [3.05, 3.63) is 59.7 Å². The minimum Gasteiger partial charge on any atom is -0.481 e. The maximum Gasteiger partial charge on any atom is 0.303 e. The predicted octanol–water partition coefficient (Wildman–Crippen LogP) is 4.46. The van der Waals surface area contributed by atoms with Gasteiger partial charge in [-0.15, -0.1) is 0 Å². The second-order valence-corrected chi connectivity index (χ2v) is 6.67. The molecule has 0 saturated carbocycles. The summed E-state index contributed by atoms with van der Waals surface area (Å²) >= 11 is 0. The number of aliphatic carboxylic acids is 2. The number of fused-ring (bicyclic) bond motifs is 3. The first-order chi connectivity index (χ1) is 12.0. The van der Waals surface area contributed by atoms with Gasteiger partial charge < -0.3 is 10.2 Å². The molecule has 0 saturated heterocycles. The zero-order valence-electron chi connectivity index (χ0n) is 14.1. The maximum absolute atomic E-state index is 11.0. The van der Waals surface area contributed by atoms with Crippen LogP contribution in [0.25, 0.3) is 11.1 Å². The Balaban J connectivity index is 2.02. The molecule has 0 amide bonds. The highest BCUT2D eigenvalue weighted by molar-refractivity contribution is 5.81. The van der Waals surface area contributed by atoms with Gasteiger partial charge in [0.2, 0.25) is 0 Å². The van der Waals surface area contributed by atoms with Crippen molar-refractivity contribution in [3.8, 4) is 11.1 Å². The highest BCUT2D eigenvalue weighted by Crippen LogP contribution is 2.53. The highest BCUT2D eigenvalue weighted by atomic mass is 16.4. The van der Waals surface area contributed by atoms with E-state index in [0.29, 0.717) is 25.7 Å². The number of carbonyl (C=O) groups is 2. The Morgan fingerprint density at radius 2 is 1.12 bits per heavy atom. The van der Waals surface area contributed by atoms with Crippen molar-refractivity contribution < 1.29 is 19.8 Å². The third-order valence-electron chi connectivity index (χ3n) is 5.16. The summed E-state index contributed by atoms with van der Waals surface area (Å²) in [5, 5.41) is 18.1. The third-order valence-corrected chi connectivity index (χ3v) is 5.16. The summed E-state index contributed by atoms with van der Waals surface area (Å²) in [4.78, 5) is 22.0. The molecule has 0 fully saturated rings. The van der Waals surface area contributed by atoms with Crippen LogP contribution in [-0.2, 0) is 15.0 Å². The van der Waals surface area contributed by atoms with E-state index >= 15 is 0 Å². The van der Waals surface area contributed by atoms with E-state index in [2.05, 4.69) is 24.3 Å². The molecule has 0 aromatic heterocycles. The van der Waals surface area contributed by atoms with Crippen molar-refractivity contribution in [2.75, 3.05) is 0 Å². The Morgan fingerprint density at radius 1 is 0.720 bits per heavy atom. The summed E-state index contributed by atoms with van der Waals surface area (Å²) in [6, 6.07) is 16.5. The summed E-state index contributed by atoms with van der Waals surface area (Å²) in [5.41, 5.74) is 4.48. The number of hydrogen-bond acceptors (Lipinski definition) is 2. The molecule has 4 nitrogen and oxygen atoms in total. The van der Waals surface area contributed by atoms with E-state index in [1.165, 1.54) is 22.3 Å². The van der Waals surface area contributed by atoms with Crippen LogP contribution >= 0.6 is 0 Å². The van der Waals surface area contributed by atoms with Gasteiger partial charge in [-0.05, 0) is 47.9 Å². The van der Waals surface area contributed by atoms with Gasteiger partial charge in [-0.3, -0.25) is 9.59 Å². The SMILES string of the molecule is O=C(O)CCCC1(CCCC(=O)O)c2ccccc2-c2ccccc21. The topological polar surface area (TPSA) is 74.6 Å². The smallest absolute Gasteiger partial charge is 0.303 e.